The summed E-state index contributed by atoms with van der Waals surface area (Å²) in [6, 6.07) is 9.88. The maximum absolute atomic E-state index is 11.7. The van der Waals surface area contributed by atoms with Gasteiger partial charge in [0.15, 0.2) is 0 Å². The van der Waals surface area contributed by atoms with Crippen molar-refractivity contribution in [3.8, 4) is 0 Å². The van der Waals surface area contributed by atoms with Crippen LogP contribution in [-0.4, -0.2) is 29.2 Å². The average molecular weight is 326 g/mol. The molecule has 0 radical (unpaired) electrons. The Morgan fingerprint density at radius 3 is 3.13 bits per heavy atom. The first-order valence-corrected chi connectivity index (χ1v) is 8.14. The molecule has 3 aromatic rings. The maximum Gasteiger partial charge on any atom is 0.414 e. The minimum absolute atomic E-state index is 0.286. The van der Waals surface area contributed by atoms with E-state index in [1.165, 1.54) is 0 Å². The van der Waals surface area contributed by atoms with Gasteiger partial charge in [-0.15, -0.1) is 11.3 Å². The predicted molar refractivity (Wildman–Crippen MR) is 89.9 cm³/mol. The van der Waals surface area contributed by atoms with Crippen molar-refractivity contribution in [1.29, 1.82) is 0 Å². The van der Waals surface area contributed by atoms with Crippen LogP contribution in [0, 0.1) is 0 Å². The highest BCUT2D eigenvalue weighted by atomic mass is 32.1. The molecule has 0 aliphatic carbocycles. The van der Waals surface area contributed by atoms with Crippen molar-refractivity contribution in [3.63, 3.8) is 0 Å². The Bertz CT molecular complexity index is 864. The number of hydrogen-bond donors (Lipinski definition) is 1. The summed E-state index contributed by atoms with van der Waals surface area (Å²) in [6.45, 7) is 1.66. The number of rotatable bonds is 4. The standard InChI is InChI=1S/C16H14N4O2S/c21-16-20(5-6-22-16)12-3-1-2-11(8-12)9-17-14-13-4-7-23-15(13)19-10-18-14/h1-4,7-8,10H,5-6,9H2,(H,17,18,19). The fourth-order valence-electron chi connectivity index (χ4n) is 2.58. The zero-order valence-corrected chi connectivity index (χ0v) is 13.0. The highest BCUT2D eigenvalue weighted by Crippen LogP contribution is 2.25. The third kappa shape index (κ3) is 2.70. The number of fused-ring (bicyclic) bond motifs is 1. The van der Waals surface area contributed by atoms with E-state index in [2.05, 4.69) is 15.3 Å². The van der Waals surface area contributed by atoms with Crippen molar-refractivity contribution in [2.45, 2.75) is 6.54 Å². The quantitative estimate of drug-likeness (QED) is 0.797. The van der Waals surface area contributed by atoms with E-state index >= 15 is 0 Å². The van der Waals surface area contributed by atoms with E-state index in [9.17, 15) is 4.79 Å². The molecular weight excluding hydrogens is 312 g/mol. The summed E-state index contributed by atoms with van der Waals surface area (Å²) < 4.78 is 4.98. The number of benzene rings is 1. The lowest BCUT2D eigenvalue weighted by atomic mass is 10.2. The van der Waals surface area contributed by atoms with Crippen LogP contribution in [0.3, 0.4) is 0 Å². The number of amides is 1. The van der Waals surface area contributed by atoms with Crippen LogP contribution in [0.25, 0.3) is 10.2 Å². The first-order chi connectivity index (χ1) is 11.3. The normalized spacial score (nSPS) is 14.3. The highest BCUT2D eigenvalue weighted by molar-refractivity contribution is 7.16. The second-order valence-corrected chi connectivity index (χ2v) is 6.05. The fourth-order valence-corrected chi connectivity index (χ4v) is 3.31. The molecule has 7 heteroatoms. The van der Waals surface area contributed by atoms with Crippen molar-refractivity contribution in [2.24, 2.45) is 0 Å². The summed E-state index contributed by atoms with van der Waals surface area (Å²) in [7, 11) is 0. The summed E-state index contributed by atoms with van der Waals surface area (Å²) >= 11 is 1.59. The van der Waals surface area contributed by atoms with Crippen LogP contribution >= 0.6 is 11.3 Å². The van der Waals surface area contributed by atoms with E-state index in [0.717, 1.165) is 27.3 Å². The Morgan fingerprint density at radius 1 is 1.30 bits per heavy atom. The number of nitrogens with zero attached hydrogens (tertiary/aromatic N) is 3. The molecule has 0 unspecified atom stereocenters. The number of carbonyl (C=O) groups excluding carboxylic acids is 1. The zero-order valence-electron chi connectivity index (χ0n) is 12.2. The molecule has 0 saturated carbocycles. The molecule has 1 saturated heterocycles. The van der Waals surface area contributed by atoms with E-state index < -0.39 is 0 Å². The molecule has 0 bridgehead atoms. The van der Waals surface area contributed by atoms with E-state index in [-0.39, 0.29) is 6.09 Å². The molecule has 0 spiro atoms. The summed E-state index contributed by atoms with van der Waals surface area (Å²) in [4.78, 5) is 22.8. The molecule has 1 N–H and O–H groups in total. The number of anilines is 2. The van der Waals surface area contributed by atoms with Gasteiger partial charge in [0.25, 0.3) is 0 Å². The lowest BCUT2D eigenvalue weighted by Crippen LogP contribution is -2.23. The first-order valence-electron chi connectivity index (χ1n) is 7.26. The number of nitrogens with one attached hydrogen (secondary N) is 1. The zero-order chi connectivity index (χ0) is 15.6. The Hall–Kier alpha value is -2.67. The Morgan fingerprint density at radius 2 is 2.26 bits per heavy atom. The smallest absolute Gasteiger partial charge is 0.414 e. The second kappa shape index (κ2) is 5.85. The van der Waals surface area contributed by atoms with E-state index in [0.29, 0.717) is 19.7 Å². The monoisotopic (exact) mass is 326 g/mol. The summed E-state index contributed by atoms with van der Waals surface area (Å²) in [5.41, 5.74) is 1.93. The molecule has 0 atom stereocenters. The molecule has 4 rings (SSSR count). The number of hydrogen-bond acceptors (Lipinski definition) is 6. The maximum atomic E-state index is 11.7. The summed E-state index contributed by atoms with van der Waals surface area (Å²) in [6.07, 6.45) is 1.28. The Balaban J connectivity index is 1.53. The lowest BCUT2D eigenvalue weighted by molar-refractivity contribution is 0.181. The highest BCUT2D eigenvalue weighted by Gasteiger charge is 2.23. The van der Waals surface area contributed by atoms with Crippen LogP contribution in [-0.2, 0) is 11.3 Å². The van der Waals surface area contributed by atoms with Crippen LogP contribution in [0.5, 0.6) is 0 Å². The van der Waals surface area contributed by atoms with Gasteiger partial charge in [-0.3, -0.25) is 4.90 Å². The van der Waals surface area contributed by atoms with Gasteiger partial charge in [-0.05, 0) is 29.1 Å². The second-order valence-electron chi connectivity index (χ2n) is 5.15. The minimum Gasteiger partial charge on any atom is -0.447 e. The van der Waals surface area contributed by atoms with E-state index in [4.69, 9.17) is 4.74 Å². The number of thiophene rings is 1. The van der Waals surface area contributed by atoms with Crippen LogP contribution in [0.2, 0.25) is 0 Å². The first kappa shape index (κ1) is 14.0. The number of cyclic esters (lactones) is 1. The minimum atomic E-state index is -0.286. The molecule has 6 nitrogen and oxygen atoms in total. The van der Waals surface area contributed by atoms with Gasteiger partial charge in [-0.1, -0.05) is 12.1 Å². The van der Waals surface area contributed by atoms with Gasteiger partial charge in [0.2, 0.25) is 0 Å². The fraction of sp³-hybridized carbons (Fsp3) is 0.188. The van der Waals surface area contributed by atoms with Gasteiger partial charge >= 0.3 is 6.09 Å². The SMILES string of the molecule is O=C1OCCN1c1cccc(CNc2ncnc3sccc23)c1. The lowest BCUT2D eigenvalue weighted by Gasteiger charge is -2.14. The molecule has 1 amide bonds. The van der Waals surface area contributed by atoms with Crippen LogP contribution in [0.1, 0.15) is 5.56 Å². The van der Waals surface area contributed by atoms with Gasteiger partial charge in [0, 0.05) is 12.2 Å². The van der Waals surface area contributed by atoms with Gasteiger partial charge in [-0.2, -0.15) is 0 Å². The molecule has 23 heavy (non-hydrogen) atoms. The predicted octanol–water partition coefficient (Wildman–Crippen LogP) is 3.26. The van der Waals surface area contributed by atoms with Gasteiger partial charge in [-0.25, -0.2) is 14.8 Å². The Labute approximate surface area is 136 Å². The van der Waals surface area contributed by atoms with E-state index in [1.807, 2.05) is 35.7 Å². The van der Waals surface area contributed by atoms with Crippen molar-refractivity contribution in [3.05, 3.63) is 47.6 Å². The third-order valence-corrected chi connectivity index (χ3v) is 4.53. The Kier molecular flexibility index (Phi) is 3.55. The molecule has 116 valence electrons. The molecule has 3 heterocycles. The number of aromatic nitrogens is 2. The van der Waals surface area contributed by atoms with Crippen LogP contribution < -0.4 is 10.2 Å². The van der Waals surface area contributed by atoms with Gasteiger partial charge < -0.3 is 10.1 Å². The number of ether oxygens (including phenoxy) is 1. The molecule has 1 aromatic carbocycles. The van der Waals surface area contributed by atoms with Crippen LogP contribution in [0.4, 0.5) is 16.3 Å². The molecular formula is C16H14N4O2S. The largest absolute Gasteiger partial charge is 0.447 e. The van der Waals surface area contributed by atoms with Crippen molar-refractivity contribution in [2.75, 3.05) is 23.4 Å². The topological polar surface area (TPSA) is 67.3 Å². The third-order valence-electron chi connectivity index (χ3n) is 3.70. The molecule has 1 aliphatic heterocycles. The molecule has 1 aliphatic rings. The van der Waals surface area contributed by atoms with Crippen LogP contribution in [0.15, 0.2) is 42.0 Å². The van der Waals surface area contributed by atoms with Crippen molar-refractivity contribution < 1.29 is 9.53 Å². The molecule has 2 aromatic heterocycles. The van der Waals surface area contributed by atoms with E-state index in [1.54, 1.807) is 22.6 Å². The molecule has 1 fully saturated rings. The summed E-state index contributed by atoms with van der Waals surface area (Å²) in [5, 5.41) is 6.37. The van der Waals surface area contributed by atoms with Crippen molar-refractivity contribution in [1.82, 2.24) is 9.97 Å². The number of carbonyl (C=O) groups is 1. The summed E-state index contributed by atoms with van der Waals surface area (Å²) in [5.74, 6) is 0.822. The van der Waals surface area contributed by atoms with Gasteiger partial charge in [0.05, 0.1) is 11.9 Å². The average Bonchev–Trinajstić information content (AvgIpc) is 3.22. The van der Waals surface area contributed by atoms with Crippen molar-refractivity contribution >= 4 is 39.2 Å². The van der Waals surface area contributed by atoms with Gasteiger partial charge in [0.1, 0.15) is 23.6 Å².